The molecule has 0 amide bonds. The van der Waals surface area contributed by atoms with Crippen LogP contribution in [0.5, 0.6) is 0 Å². The van der Waals surface area contributed by atoms with Crippen molar-refractivity contribution in [3.63, 3.8) is 0 Å². The molecular weight excluding hydrogens is 224 g/mol. The van der Waals surface area contributed by atoms with Crippen LogP contribution in [0.1, 0.15) is 19.4 Å². The van der Waals surface area contributed by atoms with Gasteiger partial charge in [0.2, 0.25) is 0 Å². The molecule has 5 heteroatoms. The predicted molar refractivity (Wildman–Crippen MR) is 68.0 cm³/mol. The van der Waals surface area contributed by atoms with Crippen LogP contribution in [0, 0.1) is 6.92 Å². The lowest BCUT2D eigenvalue weighted by molar-refractivity contribution is 0.210. The summed E-state index contributed by atoms with van der Waals surface area (Å²) in [5, 5.41) is 3.80. The van der Waals surface area contributed by atoms with Crippen molar-refractivity contribution in [2.75, 3.05) is 26.0 Å². The summed E-state index contributed by atoms with van der Waals surface area (Å²) < 4.78 is 0. The third kappa shape index (κ3) is 3.06. The summed E-state index contributed by atoms with van der Waals surface area (Å²) in [6, 6.07) is 0. The van der Waals surface area contributed by atoms with Gasteiger partial charge in [0.05, 0.1) is 0 Å². The van der Waals surface area contributed by atoms with E-state index in [-0.39, 0.29) is 5.54 Å². The van der Waals surface area contributed by atoms with Crippen molar-refractivity contribution in [2.24, 2.45) is 0 Å². The number of hydrogen-bond donors (Lipinski definition) is 1. The molecule has 0 atom stereocenters. The molecule has 1 rings (SSSR count). The van der Waals surface area contributed by atoms with Crippen molar-refractivity contribution in [2.45, 2.75) is 26.3 Å². The van der Waals surface area contributed by atoms with E-state index >= 15 is 0 Å². The molecule has 1 aromatic rings. The smallest absolute Gasteiger partial charge is 0.137 e. The van der Waals surface area contributed by atoms with Crippen LogP contribution >= 0.6 is 11.6 Å². The molecule has 0 aliphatic rings. The van der Waals surface area contributed by atoms with E-state index in [1.165, 1.54) is 6.33 Å². The summed E-state index contributed by atoms with van der Waals surface area (Å²) in [5.74, 6) is 0.801. The Morgan fingerprint density at radius 3 is 2.56 bits per heavy atom. The molecule has 0 saturated heterocycles. The number of halogens is 1. The first-order valence-corrected chi connectivity index (χ1v) is 5.61. The zero-order valence-electron chi connectivity index (χ0n) is 10.5. The minimum absolute atomic E-state index is 0.0594. The maximum atomic E-state index is 5.92. The normalized spacial score (nSPS) is 11.9. The Balaban J connectivity index is 2.72. The average Bonchev–Trinajstić information content (AvgIpc) is 2.20. The first-order chi connectivity index (χ1) is 7.34. The van der Waals surface area contributed by atoms with Gasteiger partial charge in [-0.25, -0.2) is 9.97 Å². The van der Waals surface area contributed by atoms with Gasteiger partial charge in [0.25, 0.3) is 0 Å². The van der Waals surface area contributed by atoms with Gasteiger partial charge in [-0.3, -0.25) is 0 Å². The lowest BCUT2D eigenvalue weighted by atomic mass is 10.0. The third-order valence-corrected chi connectivity index (χ3v) is 3.30. The highest BCUT2D eigenvalue weighted by Gasteiger charge is 2.20. The van der Waals surface area contributed by atoms with Gasteiger partial charge in [-0.1, -0.05) is 11.6 Å². The number of hydrogen-bond acceptors (Lipinski definition) is 4. The second-order valence-corrected chi connectivity index (χ2v) is 5.06. The number of rotatable bonds is 4. The molecule has 0 aliphatic carbocycles. The molecule has 1 N–H and O–H groups in total. The molecular formula is C11H19ClN4. The summed E-state index contributed by atoms with van der Waals surface area (Å²) in [6.07, 6.45) is 1.47. The fourth-order valence-electron chi connectivity index (χ4n) is 1.07. The van der Waals surface area contributed by atoms with Gasteiger partial charge in [-0.05, 0) is 34.9 Å². The number of likely N-dealkylation sites (N-methyl/N-ethyl adjacent to an activating group) is 1. The number of nitrogens with one attached hydrogen (secondary N) is 1. The molecule has 0 aliphatic heterocycles. The van der Waals surface area contributed by atoms with Crippen molar-refractivity contribution >= 4 is 17.4 Å². The highest BCUT2D eigenvalue weighted by molar-refractivity contribution is 6.30. The van der Waals surface area contributed by atoms with Gasteiger partial charge in [0, 0.05) is 17.6 Å². The first kappa shape index (κ1) is 13.2. The van der Waals surface area contributed by atoms with Crippen LogP contribution in [0.25, 0.3) is 0 Å². The van der Waals surface area contributed by atoms with E-state index in [4.69, 9.17) is 11.6 Å². The summed E-state index contributed by atoms with van der Waals surface area (Å²) in [4.78, 5) is 10.3. The van der Waals surface area contributed by atoms with Gasteiger partial charge in [-0.15, -0.1) is 0 Å². The van der Waals surface area contributed by atoms with Crippen molar-refractivity contribution in [1.82, 2.24) is 14.9 Å². The van der Waals surface area contributed by atoms with Crippen LogP contribution in [0.2, 0.25) is 5.15 Å². The molecule has 0 fully saturated rings. The van der Waals surface area contributed by atoms with Crippen LogP contribution in [-0.2, 0) is 0 Å². The van der Waals surface area contributed by atoms with E-state index in [1.54, 1.807) is 0 Å². The highest BCUT2D eigenvalue weighted by Crippen LogP contribution is 2.19. The largest absolute Gasteiger partial charge is 0.368 e. The molecule has 90 valence electrons. The summed E-state index contributed by atoms with van der Waals surface area (Å²) in [5.41, 5.74) is 0.947. The zero-order chi connectivity index (χ0) is 12.3. The monoisotopic (exact) mass is 242 g/mol. The van der Waals surface area contributed by atoms with E-state index in [9.17, 15) is 0 Å². The van der Waals surface area contributed by atoms with E-state index in [0.717, 1.165) is 17.9 Å². The topological polar surface area (TPSA) is 41.1 Å². The minimum Gasteiger partial charge on any atom is -0.368 e. The molecule has 0 saturated carbocycles. The summed E-state index contributed by atoms with van der Waals surface area (Å²) >= 11 is 5.92. The van der Waals surface area contributed by atoms with Crippen molar-refractivity contribution < 1.29 is 0 Å². The Bertz CT molecular complexity index is 363. The van der Waals surface area contributed by atoms with Gasteiger partial charge < -0.3 is 10.2 Å². The second-order valence-electron chi connectivity index (χ2n) is 4.70. The fraction of sp³-hybridized carbons (Fsp3) is 0.636. The molecule has 1 aromatic heterocycles. The number of anilines is 1. The Labute approximate surface area is 102 Å². The second kappa shape index (κ2) is 4.97. The first-order valence-electron chi connectivity index (χ1n) is 5.23. The SMILES string of the molecule is Cc1c(Cl)ncnc1NCC(C)(C)N(C)C. The van der Waals surface area contributed by atoms with Gasteiger partial charge >= 0.3 is 0 Å². The number of nitrogens with zero attached hydrogens (tertiary/aromatic N) is 3. The lowest BCUT2D eigenvalue weighted by Crippen LogP contribution is -2.44. The Morgan fingerprint density at radius 2 is 2.00 bits per heavy atom. The van der Waals surface area contributed by atoms with Gasteiger partial charge in [-0.2, -0.15) is 0 Å². The molecule has 0 spiro atoms. The van der Waals surface area contributed by atoms with Crippen LogP contribution < -0.4 is 5.32 Å². The summed E-state index contributed by atoms with van der Waals surface area (Å²) in [7, 11) is 4.11. The maximum Gasteiger partial charge on any atom is 0.137 e. The highest BCUT2D eigenvalue weighted by atomic mass is 35.5. The molecule has 0 radical (unpaired) electrons. The van der Waals surface area contributed by atoms with Crippen molar-refractivity contribution in [1.29, 1.82) is 0 Å². The van der Waals surface area contributed by atoms with E-state index in [0.29, 0.717) is 5.15 Å². The Kier molecular flexibility index (Phi) is 4.10. The molecule has 16 heavy (non-hydrogen) atoms. The van der Waals surface area contributed by atoms with Crippen LogP contribution in [0.15, 0.2) is 6.33 Å². The quantitative estimate of drug-likeness (QED) is 0.822. The third-order valence-electron chi connectivity index (χ3n) is 2.92. The van der Waals surface area contributed by atoms with E-state index in [1.807, 2.05) is 6.92 Å². The molecule has 4 nitrogen and oxygen atoms in total. The van der Waals surface area contributed by atoms with Crippen molar-refractivity contribution in [3.8, 4) is 0 Å². The van der Waals surface area contributed by atoms with Crippen molar-refractivity contribution in [3.05, 3.63) is 17.0 Å². The average molecular weight is 243 g/mol. The lowest BCUT2D eigenvalue weighted by Gasteiger charge is -2.33. The molecule has 1 heterocycles. The van der Waals surface area contributed by atoms with Crippen LogP contribution in [0.4, 0.5) is 5.82 Å². The van der Waals surface area contributed by atoms with E-state index in [2.05, 4.69) is 48.1 Å². The maximum absolute atomic E-state index is 5.92. The zero-order valence-corrected chi connectivity index (χ0v) is 11.3. The Morgan fingerprint density at radius 1 is 1.38 bits per heavy atom. The molecule has 0 aromatic carbocycles. The summed E-state index contributed by atoms with van der Waals surface area (Å²) in [6.45, 7) is 7.04. The van der Waals surface area contributed by atoms with E-state index < -0.39 is 0 Å². The molecule has 0 unspecified atom stereocenters. The van der Waals surface area contributed by atoms with Crippen LogP contribution in [0.3, 0.4) is 0 Å². The fourth-order valence-corrected chi connectivity index (χ4v) is 1.20. The Hall–Kier alpha value is -0.870. The standard InChI is InChI=1S/C11H19ClN4/c1-8-9(12)14-7-15-10(8)13-6-11(2,3)16(4)5/h7H,6H2,1-5H3,(H,13,14,15). The number of aromatic nitrogens is 2. The minimum atomic E-state index is 0.0594. The van der Waals surface area contributed by atoms with Crippen LogP contribution in [-0.4, -0.2) is 41.0 Å². The van der Waals surface area contributed by atoms with Gasteiger partial charge in [0.1, 0.15) is 17.3 Å². The van der Waals surface area contributed by atoms with Gasteiger partial charge in [0.15, 0.2) is 0 Å². The predicted octanol–water partition coefficient (Wildman–Crippen LogP) is 2.19. The molecule has 0 bridgehead atoms.